The predicted octanol–water partition coefficient (Wildman–Crippen LogP) is 5.44. The average molecular weight is 434 g/mol. The highest BCUT2D eigenvalue weighted by Gasteiger charge is 2.34. The van der Waals surface area contributed by atoms with Crippen LogP contribution in [-0.4, -0.2) is 36.3 Å². The lowest BCUT2D eigenvalue weighted by Gasteiger charge is -2.37. The number of fused-ring (bicyclic) bond motifs is 1. The number of amides is 2. The third kappa shape index (κ3) is 4.17. The van der Waals surface area contributed by atoms with Gasteiger partial charge >= 0.3 is 6.03 Å². The Bertz CT molecular complexity index is 1100. The van der Waals surface area contributed by atoms with Gasteiger partial charge in [-0.25, -0.2) is 4.79 Å². The lowest BCUT2D eigenvalue weighted by Crippen LogP contribution is -2.44. The van der Waals surface area contributed by atoms with Gasteiger partial charge in [-0.3, -0.25) is 0 Å². The number of hydrogen-bond acceptors (Lipinski definition) is 3. The summed E-state index contributed by atoms with van der Waals surface area (Å²) in [5, 5.41) is 3.08. The highest BCUT2D eigenvalue weighted by molar-refractivity contribution is 5.90. The molecule has 0 fully saturated rings. The molecule has 3 aromatic rings. The molecule has 2 amide bonds. The summed E-state index contributed by atoms with van der Waals surface area (Å²) in [6.07, 6.45) is 2.05. The quantitative estimate of drug-likeness (QED) is 0.596. The number of carbonyl (C=O) groups excluding carboxylic acids is 1. The molecule has 2 heterocycles. The summed E-state index contributed by atoms with van der Waals surface area (Å²) < 4.78 is 13.3. The Labute approximate surface area is 189 Å². The van der Waals surface area contributed by atoms with E-state index in [4.69, 9.17) is 9.47 Å². The Morgan fingerprint density at radius 1 is 1.00 bits per heavy atom. The van der Waals surface area contributed by atoms with Crippen LogP contribution in [0.25, 0.3) is 0 Å². The van der Waals surface area contributed by atoms with Crippen molar-refractivity contribution >= 4 is 11.7 Å². The molecule has 0 saturated heterocycles. The Balaban J connectivity index is 1.68. The van der Waals surface area contributed by atoms with E-state index >= 15 is 0 Å². The van der Waals surface area contributed by atoms with Gasteiger partial charge in [0.2, 0.25) is 0 Å². The molecular formula is C26H31N3O3. The maximum Gasteiger partial charge on any atom is 0.322 e. The first kappa shape index (κ1) is 21.8. The number of rotatable bonds is 4. The summed E-state index contributed by atoms with van der Waals surface area (Å²) in [7, 11) is 3.29. The number of urea groups is 1. The minimum atomic E-state index is -0.294. The molecule has 4 rings (SSSR count). The van der Waals surface area contributed by atoms with Gasteiger partial charge in [0.15, 0.2) is 0 Å². The van der Waals surface area contributed by atoms with Crippen molar-refractivity contribution < 1.29 is 14.3 Å². The molecule has 0 radical (unpaired) electrons. The number of carbonyl (C=O) groups is 1. The van der Waals surface area contributed by atoms with E-state index in [1.165, 1.54) is 5.56 Å². The first-order chi connectivity index (χ1) is 15.3. The molecule has 2 aromatic carbocycles. The molecule has 1 aliphatic rings. The fourth-order valence-electron chi connectivity index (χ4n) is 4.23. The number of anilines is 1. The number of benzene rings is 2. The van der Waals surface area contributed by atoms with Crippen LogP contribution in [0.15, 0.2) is 60.8 Å². The molecule has 32 heavy (non-hydrogen) atoms. The minimum Gasteiger partial charge on any atom is -0.497 e. The SMILES string of the molecule is COc1ccc(OC)c(C2c3cccn3CCN2C(=O)Nc2ccc(C(C)(C)C)cc2)c1. The van der Waals surface area contributed by atoms with Crippen molar-refractivity contribution in [3.8, 4) is 11.5 Å². The molecule has 1 aliphatic heterocycles. The van der Waals surface area contributed by atoms with Gasteiger partial charge in [0.25, 0.3) is 0 Å². The van der Waals surface area contributed by atoms with Crippen LogP contribution in [0.3, 0.4) is 0 Å². The average Bonchev–Trinajstić information content (AvgIpc) is 3.26. The normalized spacial score (nSPS) is 15.8. The van der Waals surface area contributed by atoms with Gasteiger partial charge < -0.3 is 24.3 Å². The van der Waals surface area contributed by atoms with Crippen LogP contribution in [0, 0.1) is 0 Å². The second-order valence-corrected chi connectivity index (χ2v) is 9.09. The molecule has 1 aromatic heterocycles. The zero-order valence-electron chi connectivity index (χ0n) is 19.4. The zero-order chi connectivity index (χ0) is 22.9. The number of nitrogens with zero attached hydrogens (tertiary/aromatic N) is 2. The lowest BCUT2D eigenvalue weighted by molar-refractivity contribution is 0.180. The highest BCUT2D eigenvalue weighted by Crippen LogP contribution is 2.39. The molecule has 1 atom stereocenters. The summed E-state index contributed by atoms with van der Waals surface area (Å²) in [5.41, 5.74) is 4.01. The Hall–Kier alpha value is -3.41. The zero-order valence-corrected chi connectivity index (χ0v) is 19.4. The summed E-state index contributed by atoms with van der Waals surface area (Å²) in [6, 6.07) is 17.4. The summed E-state index contributed by atoms with van der Waals surface area (Å²) in [6.45, 7) is 7.85. The van der Waals surface area contributed by atoms with Gasteiger partial charge in [-0.15, -0.1) is 0 Å². The number of nitrogens with one attached hydrogen (secondary N) is 1. The topological polar surface area (TPSA) is 55.7 Å². The van der Waals surface area contributed by atoms with Crippen LogP contribution in [0.2, 0.25) is 0 Å². The predicted molar refractivity (Wildman–Crippen MR) is 127 cm³/mol. The molecule has 1 unspecified atom stereocenters. The number of aromatic nitrogens is 1. The fraction of sp³-hybridized carbons (Fsp3) is 0.346. The lowest BCUT2D eigenvalue weighted by atomic mass is 9.87. The maximum atomic E-state index is 13.5. The largest absolute Gasteiger partial charge is 0.497 e. The minimum absolute atomic E-state index is 0.0643. The first-order valence-electron chi connectivity index (χ1n) is 10.9. The summed E-state index contributed by atoms with van der Waals surface area (Å²) in [4.78, 5) is 15.3. The molecule has 0 aliphatic carbocycles. The van der Waals surface area contributed by atoms with Crippen molar-refractivity contribution in [2.45, 2.75) is 38.8 Å². The Morgan fingerprint density at radius 3 is 2.41 bits per heavy atom. The van der Waals surface area contributed by atoms with Crippen molar-refractivity contribution in [2.75, 3.05) is 26.1 Å². The first-order valence-corrected chi connectivity index (χ1v) is 10.9. The molecule has 6 heteroatoms. The van der Waals surface area contributed by atoms with Gasteiger partial charge in [-0.05, 0) is 53.4 Å². The molecule has 168 valence electrons. The second kappa shape index (κ2) is 8.61. The molecule has 1 N–H and O–H groups in total. The van der Waals surface area contributed by atoms with Crippen molar-refractivity contribution in [3.63, 3.8) is 0 Å². The Morgan fingerprint density at radius 2 is 1.75 bits per heavy atom. The summed E-state index contributed by atoms with van der Waals surface area (Å²) >= 11 is 0. The van der Waals surface area contributed by atoms with E-state index in [2.05, 4.69) is 55.1 Å². The maximum absolute atomic E-state index is 13.5. The van der Waals surface area contributed by atoms with E-state index in [1.54, 1.807) is 14.2 Å². The van der Waals surface area contributed by atoms with Gasteiger partial charge in [-0.2, -0.15) is 0 Å². The second-order valence-electron chi connectivity index (χ2n) is 9.09. The highest BCUT2D eigenvalue weighted by atomic mass is 16.5. The van der Waals surface area contributed by atoms with Crippen LogP contribution in [0.4, 0.5) is 10.5 Å². The van der Waals surface area contributed by atoms with Gasteiger partial charge in [0, 0.05) is 36.2 Å². The van der Waals surface area contributed by atoms with Crippen molar-refractivity contribution in [2.24, 2.45) is 0 Å². The van der Waals surface area contributed by atoms with Crippen molar-refractivity contribution in [1.82, 2.24) is 9.47 Å². The molecule has 0 saturated carbocycles. The molecular weight excluding hydrogens is 402 g/mol. The molecule has 0 spiro atoms. The van der Waals surface area contributed by atoms with Crippen LogP contribution in [0.1, 0.15) is 43.6 Å². The van der Waals surface area contributed by atoms with Gasteiger partial charge in [-0.1, -0.05) is 32.9 Å². The van der Waals surface area contributed by atoms with E-state index in [0.717, 1.165) is 35.0 Å². The van der Waals surface area contributed by atoms with Crippen molar-refractivity contribution in [1.29, 1.82) is 0 Å². The smallest absolute Gasteiger partial charge is 0.322 e. The number of hydrogen-bond donors (Lipinski definition) is 1. The third-order valence-corrected chi connectivity index (χ3v) is 6.03. The van der Waals surface area contributed by atoms with Crippen LogP contribution < -0.4 is 14.8 Å². The standard InChI is InChI=1S/C26H31N3O3/c1-26(2,3)18-8-10-19(11-9-18)27-25(30)29-16-15-28-14-6-7-22(28)24(29)21-17-20(31-4)12-13-23(21)32-5/h6-14,17,24H,15-16H2,1-5H3,(H,27,30). The van der Waals surface area contributed by atoms with Gasteiger partial charge in [0.1, 0.15) is 17.5 Å². The van der Waals surface area contributed by atoms with E-state index in [1.807, 2.05) is 41.3 Å². The van der Waals surface area contributed by atoms with E-state index < -0.39 is 0 Å². The van der Waals surface area contributed by atoms with Crippen LogP contribution >= 0.6 is 0 Å². The monoisotopic (exact) mass is 433 g/mol. The number of ether oxygens (including phenoxy) is 2. The Kier molecular flexibility index (Phi) is 5.87. The fourth-order valence-corrected chi connectivity index (χ4v) is 4.23. The van der Waals surface area contributed by atoms with E-state index in [0.29, 0.717) is 6.54 Å². The van der Waals surface area contributed by atoms with Crippen molar-refractivity contribution in [3.05, 3.63) is 77.6 Å². The van der Waals surface area contributed by atoms with E-state index in [-0.39, 0.29) is 17.5 Å². The molecule has 0 bridgehead atoms. The van der Waals surface area contributed by atoms with Crippen LogP contribution in [-0.2, 0) is 12.0 Å². The van der Waals surface area contributed by atoms with Gasteiger partial charge in [0.05, 0.1) is 14.2 Å². The summed E-state index contributed by atoms with van der Waals surface area (Å²) in [5.74, 6) is 1.44. The number of methoxy groups -OCH3 is 2. The van der Waals surface area contributed by atoms with E-state index in [9.17, 15) is 4.79 Å². The van der Waals surface area contributed by atoms with Crippen LogP contribution in [0.5, 0.6) is 11.5 Å². The molecule has 6 nitrogen and oxygen atoms in total. The third-order valence-electron chi connectivity index (χ3n) is 6.03.